The van der Waals surface area contributed by atoms with E-state index in [2.05, 4.69) is 18.2 Å². The molecule has 0 aliphatic rings. The Kier molecular flexibility index (Phi) is 7.36. The van der Waals surface area contributed by atoms with Gasteiger partial charge >= 0.3 is 0 Å². The summed E-state index contributed by atoms with van der Waals surface area (Å²) in [5.41, 5.74) is 1.03. The maximum Gasteiger partial charge on any atom is 0.121 e. The molecular formula is C8H15NOS. The normalized spacial score (nSPS) is 9.18. The van der Waals surface area contributed by atoms with Crippen LogP contribution in [0.15, 0.2) is 12.3 Å². The van der Waals surface area contributed by atoms with Gasteiger partial charge in [0.2, 0.25) is 0 Å². The van der Waals surface area contributed by atoms with Crippen molar-refractivity contribution in [3.63, 3.8) is 0 Å². The molecule has 0 radical (unpaired) electrons. The fourth-order valence-corrected chi connectivity index (χ4v) is 1.07. The predicted molar refractivity (Wildman–Crippen MR) is 50.8 cm³/mol. The number of aldehydes is 1. The van der Waals surface area contributed by atoms with Crippen molar-refractivity contribution in [3.8, 4) is 0 Å². The van der Waals surface area contributed by atoms with E-state index in [-0.39, 0.29) is 0 Å². The van der Waals surface area contributed by atoms with Crippen LogP contribution in [0, 0.1) is 0 Å². The number of thioether (sulfide) groups is 1. The van der Waals surface area contributed by atoms with E-state index in [1.165, 1.54) is 0 Å². The van der Waals surface area contributed by atoms with E-state index < -0.39 is 0 Å². The first-order valence-electron chi connectivity index (χ1n) is 3.65. The van der Waals surface area contributed by atoms with Gasteiger partial charge < -0.3 is 10.1 Å². The summed E-state index contributed by atoms with van der Waals surface area (Å²) < 4.78 is 0. The van der Waals surface area contributed by atoms with Gasteiger partial charge in [0.25, 0.3) is 0 Å². The number of allylic oxidation sites excluding steroid dienone is 1. The molecule has 0 unspecified atom stereocenters. The molecule has 0 aromatic heterocycles. The van der Waals surface area contributed by atoms with Crippen LogP contribution in [0.1, 0.15) is 12.8 Å². The molecule has 0 saturated carbocycles. The summed E-state index contributed by atoms with van der Waals surface area (Å²) in [5, 5.41) is 3.08. The largest absolute Gasteiger partial charge is 0.388 e. The van der Waals surface area contributed by atoms with E-state index >= 15 is 0 Å². The summed E-state index contributed by atoms with van der Waals surface area (Å²) in [7, 11) is 0. The van der Waals surface area contributed by atoms with Crippen LogP contribution in [-0.4, -0.2) is 24.8 Å². The quantitative estimate of drug-likeness (QED) is 0.466. The number of carbonyl (C=O) groups excluding carboxylic acids is 1. The van der Waals surface area contributed by atoms with Gasteiger partial charge in [0.05, 0.1) is 0 Å². The molecule has 0 spiro atoms. The Morgan fingerprint density at radius 2 is 2.45 bits per heavy atom. The molecule has 0 saturated heterocycles. The van der Waals surface area contributed by atoms with Crippen LogP contribution in [0.25, 0.3) is 0 Å². The second-order valence-corrected chi connectivity index (χ2v) is 3.21. The van der Waals surface area contributed by atoms with Gasteiger partial charge in [0.1, 0.15) is 6.29 Å². The zero-order valence-electron chi connectivity index (χ0n) is 6.93. The standard InChI is InChI=1S/C8H15NOS/c1-8(4-7-11-2)9-5-3-6-10/h6,9H,1,3-5,7H2,2H3. The maximum atomic E-state index is 9.93. The molecule has 0 aliphatic carbocycles. The molecule has 2 nitrogen and oxygen atoms in total. The Morgan fingerprint density at radius 1 is 1.73 bits per heavy atom. The van der Waals surface area contributed by atoms with E-state index in [1.54, 1.807) is 11.8 Å². The molecular weight excluding hydrogens is 158 g/mol. The fourth-order valence-electron chi connectivity index (χ4n) is 0.622. The third kappa shape index (κ3) is 7.46. The summed E-state index contributed by atoms with van der Waals surface area (Å²) in [6, 6.07) is 0. The average molecular weight is 173 g/mol. The van der Waals surface area contributed by atoms with Gasteiger partial charge in [-0.05, 0) is 18.4 Å². The number of hydrogen-bond acceptors (Lipinski definition) is 3. The molecule has 0 atom stereocenters. The number of hydrogen-bond donors (Lipinski definition) is 1. The first kappa shape index (κ1) is 10.6. The molecule has 0 amide bonds. The van der Waals surface area contributed by atoms with Crippen LogP contribution in [0.4, 0.5) is 0 Å². The Morgan fingerprint density at radius 3 is 3.00 bits per heavy atom. The lowest BCUT2D eigenvalue weighted by molar-refractivity contribution is -0.107. The lowest BCUT2D eigenvalue weighted by atomic mass is 10.3. The van der Waals surface area contributed by atoms with Crippen LogP contribution in [0.3, 0.4) is 0 Å². The number of nitrogens with one attached hydrogen (secondary N) is 1. The highest BCUT2D eigenvalue weighted by molar-refractivity contribution is 7.98. The Hall–Kier alpha value is -0.440. The van der Waals surface area contributed by atoms with Gasteiger partial charge in [-0.25, -0.2) is 0 Å². The van der Waals surface area contributed by atoms with Gasteiger partial charge in [-0.1, -0.05) is 6.58 Å². The fraction of sp³-hybridized carbons (Fsp3) is 0.625. The van der Waals surface area contributed by atoms with E-state index in [9.17, 15) is 4.79 Å². The lowest BCUT2D eigenvalue weighted by Gasteiger charge is -2.05. The molecule has 11 heavy (non-hydrogen) atoms. The SMILES string of the molecule is C=C(CCSC)NCCC=O. The Labute approximate surface area is 72.4 Å². The lowest BCUT2D eigenvalue weighted by Crippen LogP contribution is -2.14. The van der Waals surface area contributed by atoms with Crippen LogP contribution in [-0.2, 0) is 4.79 Å². The summed E-state index contributed by atoms with van der Waals surface area (Å²) >= 11 is 1.80. The van der Waals surface area contributed by atoms with E-state index in [1.807, 2.05) is 0 Å². The Balaban J connectivity index is 3.15. The third-order valence-electron chi connectivity index (χ3n) is 1.25. The van der Waals surface area contributed by atoms with Crippen molar-refractivity contribution in [1.82, 2.24) is 5.32 Å². The van der Waals surface area contributed by atoms with Crippen molar-refractivity contribution in [2.75, 3.05) is 18.6 Å². The van der Waals surface area contributed by atoms with Crippen molar-refractivity contribution in [3.05, 3.63) is 12.3 Å². The molecule has 3 heteroatoms. The van der Waals surface area contributed by atoms with Gasteiger partial charge in [-0.15, -0.1) is 0 Å². The molecule has 0 bridgehead atoms. The molecule has 64 valence electrons. The number of rotatable bonds is 7. The van der Waals surface area contributed by atoms with Gasteiger partial charge in [0, 0.05) is 18.7 Å². The van der Waals surface area contributed by atoms with E-state index in [0.717, 1.165) is 30.7 Å². The monoisotopic (exact) mass is 173 g/mol. The van der Waals surface area contributed by atoms with Crippen molar-refractivity contribution in [1.29, 1.82) is 0 Å². The van der Waals surface area contributed by atoms with Crippen LogP contribution in [0.2, 0.25) is 0 Å². The second-order valence-electron chi connectivity index (χ2n) is 2.23. The molecule has 0 rings (SSSR count). The summed E-state index contributed by atoms with van der Waals surface area (Å²) in [4.78, 5) is 9.93. The van der Waals surface area contributed by atoms with Crippen molar-refractivity contribution < 1.29 is 4.79 Å². The second kappa shape index (κ2) is 7.66. The van der Waals surface area contributed by atoms with Gasteiger partial charge in [-0.2, -0.15) is 11.8 Å². The van der Waals surface area contributed by atoms with Crippen molar-refractivity contribution in [2.24, 2.45) is 0 Å². The van der Waals surface area contributed by atoms with E-state index in [0.29, 0.717) is 6.42 Å². The zero-order chi connectivity index (χ0) is 8.53. The van der Waals surface area contributed by atoms with Crippen molar-refractivity contribution in [2.45, 2.75) is 12.8 Å². The molecule has 0 aromatic carbocycles. The predicted octanol–water partition coefficient (Wildman–Crippen LogP) is 1.43. The molecule has 0 fully saturated rings. The van der Waals surface area contributed by atoms with Gasteiger partial charge in [-0.3, -0.25) is 0 Å². The Bertz CT molecular complexity index is 125. The minimum Gasteiger partial charge on any atom is -0.388 e. The van der Waals surface area contributed by atoms with E-state index in [4.69, 9.17) is 0 Å². The topological polar surface area (TPSA) is 29.1 Å². The van der Waals surface area contributed by atoms with Crippen LogP contribution < -0.4 is 5.32 Å². The molecule has 0 heterocycles. The minimum atomic E-state index is 0.568. The minimum absolute atomic E-state index is 0.568. The van der Waals surface area contributed by atoms with Crippen LogP contribution in [0.5, 0.6) is 0 Å². The smallest absolute Gasteiger partial charge is 0.121 e. The summed E-state index contributed by atoms with van der Waals surface area (Å²) in [6.07, 6.45) is 4.53. The first-order chi connectivity index (χ1) is 5.31. The molecule has 0 aromatic rings. The molecule has 0 aliphatic heterocycles. The third-order valence-corrected chi connectivity index (χ3v) is 1.86. The summed E-state index contributed by atoms with van der Waals surface area (Å²) in [6.45, 7) is 4.54. The highest BCUT2D eigenvalue weighted by Crippen LogP contribution is 2.00. The summed E-state index contributed by atoms with van der Waals surface area (Å²) in [5.74, 6) is 1.09. The highest BCUT2D eigenvalue weighted by Gasteiger charge is 1.91. The average Bonchev–Trinajstić information content (AvgIpc) is 2.01. The van der Waals surface area contributed by atoms with Crippen molar-refractivity contribution >= 4 is 18.0 Å². The molecule has 1 N–H and O–H groups in total. The maximum absolute atomic E-state index is 9.93. The van der Waals surface area contributed by atoms with Crippen LogP contribution >= 0.6 is 11.8 Å². The number of carbonyl (C=O) groups is 1. The highest BCUT2D eigenvalue weighted by atomic mass is 32.2. The zero-order valence-corrected chi connectivity index (χ0v) is 7.75. The van der Waals surface area contributed by atoms with Gasteiger partial charge in [0.15, 0.2) is 0 Å². The first-order valence-corrected chi connectivity index (χ1v) is 5.05.